The van der Waals surface area contributed by atoms with E-state index in [1.165, 1.54) is 13.2 Å². The summed E-state index contributed by atoms with van der Waals surface area (Å²) >= 11 is 2.90. The van der Waals surface area contributed by atoms with E-state index in [9.17, 15) is 13.6 Å². The Morgan fingerprint density at radius 3 is 2.67 bits per heavy atom. The predicted molar refractivity (Wildman–Crippen MR) is 52.0 cm³/mol. The number of nitrogens with zero attached hydrogens (tertiary/aromatic N) is 1. The van der Waals surface area contributed by atoms with Crippen LogP contribution < -0.4 is 10.5 Å². The average Bonchev–Trinajstić information content (AvgIpc) is 2.15. The number of carbonyl (C=O) groups is 1. The third-order valence-corrected chi connectivity index (χ3v) is 2.30. The molecule has 0 fully saturated rings. The summed E-state index contributed by atoms with van der Waals surface area (Å²) in [6.07, 6.45) is -2.83. The van der Waals surface area contributed by atoms with Crippen molar-refractivity contribution in [3.8, 4) is 5.88 Å². The van der Waals surface area contributed by atoms with E-state index in [0.717, 1.165) is 0 Å². The molecule has 82 valence electrons. The summed E-state index contributed by atoms with van der Waals surface area (Å²) in [5, 5.41) is 0. The molecule has 0 radical (unpaired) electrons. The van der Waals surface area contributed by atoms with Gasteiger partial charge in [-0.3, -0.25) is 4.79 Å². The molecule has 1 amide bonds. The lowest BCUT2D eigenvalue weighted by Crippen LogP contribution is -2.17. The first-order valence-corrected chi connectivity index (χ1v) is 4.59. The van der Waals surface area contributed by atoms with E-state index in [1.54, 1.807) is 0 Å². The van der Waals surface area contributed by atoms with Gasteiger partial charge in [-0.25, -0.2) is 13.8 Å². The van der Waals surface area contributed by atoms with Crippen molar-refractivity contribution in [2.24, 2.45) is 5.73 Å². The Hall–Kier alpha value is -1.24. The molecule has 0 aromatic carbocycles. The lowest BCUT2D eigenvalue weighted by atomic mass is 10.2. The van der Waals surface area contributed by atoms with E-state index < -0.39 is 23.6 Å². The Labute approximate surface area is 92.6 Å². The second kappa shape index (κ2) is 4.52. The SMILES string of the molecule is COc1cc(Br)c(C(F)F)c(C(N)=O)n1. The highest BCUT2D eigenvalue weighted by Gasteiger charge is 2.22. The van der Waals surface area contributed by atoms with Crippen molar-refractivity contribution in [1.82, 2.24) is 4.98 Å². The molecular formula is C8H7BrF2N2O2. The second-order valence-corrected chi connectivity index (χ2v) is 3.43. The molecule has 4 nitrogen and oxygen atoms in total. The zero-order chi connectivity index (χ0) is 11.6. The zero-order valence-corrected chi connectivity index (χ0v) is 9.22. The largest absolute Gasteiger partial charge is 0.481 e. The highest BCUT2D eigenvalue weighted by molar-refractivity contribution is 9.10. The zero-order valence-electron chi connectivity index (χ0n) is 7.63. The molecule has 1 aromatic heterocycles. The average molecular weight is 281 g/mol. The van der Waals surface area contributed by atoms with Gasteiger partial charge in [-0.2, -0.15) is 0 Å². The minimum atomic E-state index is -2.83. The second-order valence-electron chi connectivity index (χ2n) is 2.57. The Bertz CT molecular complexity index is 398. The van der Waals surface area contributed by atoms with Gasteiger partial charge in [-0.1, -0.05) is 15.9 Å². The van der Waals surface area contributed by atoms with E-state index in [1.807, 2.05) is 0 Å². The van der Waals surface area contributed by atoms with Gasteiger partial charge in [0.25, 0.3) is 12.3 Å². The molecule has 0 saturated carbocycles. The van der Waals surface area contributed by atoms with Crippen molar-refractivity contribution in [3.05, 3.63) is 21.8 Å². The van der Waals surface area contributed by atoms with Crippen LogP contribution in [0.1, 0.15) is 22.5 Å². The van der Waals surface area contributed by atoms with Gasteiger partial charge in [0.05, 0.1) is 12.7 Å². The summed E-state index contributed by atoms with van der Waals surface area (Å²) < 4.78 is 29.9. The molecule has 1 aromatic rings. The summed E-state index contributed by atoms with van der Waals surface area (Å²) in [4.78, 5) is 14.5. The lowest BCUT2D eigenvalue weighted by molar-refractivity contribution is 0.0978. The van der Waals surface area contributed by atoms with Crippen LogP contribution in [0.5, 0.6) is 5.88 Å². The Kier molecular flexibility index (Phi) is 3.57. The monoisotopic (exact) mass is 280 g/mol. The molecular weight excluding hydrogens is 274 g/mol. The van der Waals surface area contributed by atoms with Crippen LogP contribution >= 0.6 is 15.9 Å². The van der Waals surface area contributed by atoms with Crippen molar-refractivity contribution in [2.45, 2.75) is 6.43 Å². The number of nitrogens with two attached hydrogens (primary N) is 1. The van der Waals surface area contributed by atoms with Gasteiger partial charge in [0.15, 0.2) is 0 Å². The van der Waals surface area contributed by atoms with Crippen LogP contribution in [0.4, 0.5) is 8.78 Å². The third-order valence-electron chi connectivity index (χ3n) is 1.65. The fourth-order valence-corrected chi connectivity index (χ4v) is 1.56. The van der Waals surface area contributed by atoms with E-state index in [2.05, 4.69) is 20.9 Å². The van der Waals surface area contributed by atoms with Crippen LogP contribution in [-0.2, 0) is 0 Å². The first-order valence-electron chi connectivity index (χ1n) is 3.79. The van der Waals surface area contributed by atoms with Crippen molar-refractivity contribution in [2.75, 3.05) is 7.11 Å². The topological polar surface area (TPSA) is 65.2 Å². The van der Waals surface area contributed by atoms with Crippen molar-refractivity contribution >= 4 is 21.8 Å². The van der Waals surface area contributed by atoms with Gasteiger partial charge < -0.3 is 10.5 Å². The summed E-state index contributed by atoms with van der Waals surface area (Å²) in [6.45, 7) is 0. The molecule has 0 aliphatic carbocycles. The Balaban J connectivity index is 3.42. The number of primary amides is 1. The van der Waals surface area contributed by atoms with Gasteiger partial charge in [0.2, 0.25) is 5.88 Å². The number of hydrogen-bond acceptors (Lipinski definition) is 3. The number of halogens is 3. The standard InChI is InChI=1S/C8H7BrF2N2O2/c1-15-4-2-3(9)5(7(10)11)6(13-4)8(12)14/h2,7H,1H3,(H2,12,14). The molecule has 2 N–H and O–H groups in total. The van der Waals surface area contributed by atoms with Crippen LogP contribution in [0.3, 0.4) is 0 Å². The number of alkyl halides is 2. The normalized spacial score (nSPS) is 10.5. The number of hydrogen-bond donors (Lipinski definition) is 1. The van der Waals surface area contributed by atoms with Crippen molar-refractivity contribution in [1.29, 1.82) is 0 Å². The molecule has 0 saturated heterocycles. The molecule has 0 aliphatic heterocycles. The Morgan fingerprint density at radius 1 is 1.67 bits per heavy atom. The van der Waals surface area contributed by atoms with Gasteiger partial charge >= 0.3 is 0 Å². The number of ether oxygens (including phenoxy) is 1. The lowest BCUT2D eigenvalue weighted by Gasteiger charge is -2.09. The molecule has 0 aliphatic rings. The molecule has 15 heavy (non-hydrogen) atoms. The maximum atomic E-state index is 12.6. The third kappa shape index (κ3) is 2.41. The number of aromatic nitrogens is 1. The van der Waals surface area contributed by atoms with Crippen LogP contribution in [0.2, 0.25) is 0 Å². The van der Waals surface area contributed by atoms with Gasteiger partial charge in [0.1, 0.15) is 5.69 Å². The van der Waals surface area contributed by atoms with Gasteiger partial charge in [-0.05, 0) is 0 Å². The number of amides is 1. The molecule has 0 unspecified atom stereocenters. The molecule has 0 spiro atoms. The number of pyridine rings is 1. The van der Waals surface area contributed by atoms with Crippen molar-refractivity contribution < 1.29 is 18.3 Å². The van der Waals surface area contributed by atoms with E-state index >= 15 is 0 Å². The molecule has 1 rings (SSSR count). The van der Waals surface area contributed by atoms with E-state index in [-0.39, 0.29) is 10.4 Å². The summed E-state index contributed by atoms with van der Waals surface area (Å²) in [6, 6.07) is 1.24. The highest BCUT2D eigenvalue weighted by atomic mass is 79.9. The number of rotatable bonds is 3. The Morgan fingerprint density at radius 2 is 2.27 bits per heavy atom. The van der Waals surface area contributed by atoms with Crippen LogP contribution in [-0.4, -0.2) is 18.0 Å². The minimum absolute atomic E-state index is 0.0400. The summed E-state index contributed by atoms with van der Waals surface area (Å²) in [5.74, 6) is -0.982. The van der Waals surface area contributed by atoms with Crippen LogP contribution in [0.15, 0.2) is 10.5 Å². The fraction of sp³-hybridized carbons (Fsp3) is 0.250. The fourth-order valence-electron chi connectivity index (χ4n) is 1.00. The van der Waals surface area contributed by atoms with Crippen LogP contribution in [0.25, 0.3) is 0 Å². The van der Waals surface area contributed by atoms with Gasteiger partial charge in [0, 0.05) is 10.5 Å². The minimum Gasteiger partial charge on any atom is -0.481 e. The molecule has 0 bridgehead atoms. The quantitative estimate of drug-likeness (QED) is 0.920. The number of carbonyl (C=O) groups excluding carboxylic acids is 1. The summed E-state index contributed by atoms with van der Waals surface area (Å²) in [5.41, 5.74) is 3.92. The maximum absolute atomic E-state index is 12.6. The summed E-state index contributed by atoms with van der Waals surface area (Å²) in [7, 11) is 1.31. The predicted octanol–water partition coefficient (Wildman–Crippen LogP) is 1.89. The first kappa shape index (κ1) is 11.8. The van der Waals surface area contributed by atoms with E-state index in [4.69, 9.17) is 10.5 Å². The van der Waals surface area contributed by atoms with Crippen molar-refractivity contribution in [3.63, 3.8) is 0 Å². The maximum Gasteiger partial charge on any atom is 0.267 e. The smallest absolute Gasteiger partial charge is 0.267 e. The van der Waals surface area contributed by atoms with E-state index in [0.29, 0.717) is 0 Å². The molecule has 0 atom stereocenters. The molecule has 1 heterocycles. The van der Waals surface area contributed by atoms with Crippen LogP contribution in [0, 0.1) is 0 Å². The van der Waals surface area contributed by atoms with Gasteiger partial charge in [-0.15, -0.1) is 0 Å². The molecule has 7 heteroatoms. The highest BCUT2D eigenvalue weighted by Crippen LogP contribution is 2.31. The number of methoxy groups -OCH3 is 1. The first-order chi connectivity index (χ1) is 6.97.